The molecule has 0 aliphatic carbocycles. The van der Waals surface area contributed by atoms with Crippen molar-refractivity contribution in [1.29, 1.82) is 0 Å². The third-order valence-corrected chi connectivity index (χ3v) is 4.20. The standard InChI is InChI=1S/C18H21N3/c1-18(2,19-3)17-11-20-13-21(17)12-15-9-6-8-14-7-4-5-10-16(14)15/h4-11,13,19H,12H2,1-3H3. The van der Waals surface area contributed by atoms with Gasteiger partial charge >= 0.3 is 0 Å². The summed E-state index contributed by atoms with van der Waals surface area (Å²) in [7, 11) is 1.98. The fourth-order valence-electron chi connectivity index (χ4n) is 2.71. The fourth-order valence-corrected chi connectivity index (χ4v) is 2.71. The highest BCUT2D eigenvalue weighted by Gasteiger charge is 2.22. The van der Waals surface area contributed by atoms with Crippen LogP contribution in [0.4, 0.5) is 0 Å². The number of hydrogen-bond acceptors (Lipinski definition) is 2. The molecule has 0 atom stereocenters. The summed E-state index contributed by atoms with van der Waals surface area (Å²) in [5.74, 6) is 0. The van der Waals surface area contributed by atoms with Gasteiger partial charge in [0.15, 0.2) is 0 Å². The van der Waals surface area contributed by atoms with E-state index in [1.54, 1.807) is 0 Å². The van der Waals surface area contributed by atoms with Crippen LogP contribution in [-0.4, -0.2) is 16.6 Å². The zero-order chi connectivity index (χ0) is 14.9. The van der Waals surface area contributed by atoms with Gasteiger partial charge in [0.2, 0.25) is 0 Å². The summed E-state index contributed by atoms with van der Waals surface area (Å²) in [6, 6.07) is 15.0. The molecule has 2 aromatic carbocycles. The van der Waals surface area contributed by atoms with Crippen molar-refractivity contribution in [3.05, 3.63) is 66.2 Å². The predicted octanol–water partition coefficient (Wildman–Crippen LogP) is 3.54. The number of imidazole rings is 1. The molecule has 0 amide bonds. The van der Waals surface area contributed by atoms with E-state index >= 15 is 0 Å². The number of hydrogen-bond donors (Lipinski definition) is 1. The highest BCUT2D eigenvalue weighted by Crippen LogP contribution is 2.23. The first-order valence-corrected chi connectivity index (χ1v) is 7.28. The molecule has 3 heteroatoms. The molecule has 0 fully saturated rings. The lowest BCUT2D eigenvalue weighted by Crippen LogP contribution is -2.35. The molecule has 0 aliphatic heterocycles. The van der Waals surface area contributed by atoms with Gasteiger partial charge in [0, 0.05) is 6.54 Å². The van der Waals surface area contributed by atoms with Gasteiger partial charge in [-0.1, -0.05) is 42.5 Å². The molecule has 1 heterocycles. The van der Waals surface area contributed by atoms with Crippen molar-refractivity contribution in [1.82, 2.24) is 14.9 Å². The number of nitrogens with zero attached hydrogens (tertiary/aromatic N) is 2. The predicted molar refractivity (Wildman–Crippen MR) is 87.4 cm³/mol. The number of benzene rings is 2. The van der Waals surface area contributed by atoms with Crippen LogP contribution in [0, 0.1) is 0 Å². The Hall–Kier alpha value is -2.13. The average molecular weight is 279 g/mol. The Morgan fingerprint density at radius 1 is 1.10 bits per heavy atom. The van der Waals surface area contributed by atoms with Crippen molar-refractivity contribution in [2.45, 2.75) is 25.9 Å². The lowest BCUT2D eigenvalue weighted by atomic mass is 10.0. The van der Waals surface area contributed by atoms with E-state index in [-0.39, 0.29) is 5.54 Å². The lowest BCUT2D eigenvalue weighted by molar-refractivity contribution is 0.413. The zero-order valence-corrected chi connectivity index (χ0v) is 12.8. The Labute approximate surface area is 125 Å². The van der Waals surface area contributed by atoms with Gasteiger partial charge in [-0.3, -0.25) is 0 Å². The summed E-state index contributed by atoms with van der Waals surface area (Å²) >= 11 is 0. The molecule has 3 rings (SSSR count). The second-order valence-corrected chi connectivity index (χ2v) is 5.92. The average Bonchev–Trinajstić information content (AvgIpc) is 2.97. The van der Waals surface area contributed by atoms with Crippen LogP contribution < -0.4 is 5.32 Å². The third kappa shape index (κ3) is 2.57. The quantitative estimate of drug-likeness (QED) is 0.791. The van der Waals surface area contributed by atoms with Gasteiger partial charge in [-0.15, -0.1) is 0 Å². The van der Waals surface area contributed by atoms with E-state index in [9.17, 15) is 0 Å². The smallest absolute Gasteiger partial charge is 0.0951 e. The largest absolute Gasteiger partial charge is 0.328 e. The zero-order valence-electron chi connectivity index (χ0n) is 12.8. The topological polar surface area (TPSA) is 29.9 Å². The molecule has 0 spiro atoms. The first-order valence-electron chi connectivity index (χ1n) is 7.28. The van der Waals surface area contributed by atoms with Gasteiger partial charge in [-0.2, -0.15) is 0 Å². The van der Waals surface area contributed by atoms with Crippen LogP contribution in [0.3, 0.4) is 0 Å². The van der Waals surface area contributed by atoms with Crippen LogP contribution in [-0.2, 0) is 12.1 Å². The summed E-state index contributed by atoms with van der Waals surface area (Å²) < 4.78 is 2.22. The molecule has 0 saturated carbocycles. The maximum absolute atomic E-state index is 4.34. The second kappa shape index (κ2) is 5.34. The van der Waals surface area contributed by atoms with E-state index in [4.69, 9.17) is 0 Å². The number of rotatable bonds is 4. The molecule has 0 saturated heterocycles. The third-order valence-electron chi connectivity index (χ3n) is 4.20. The van der Waals surface area contributed by atoms with Gasteiger partial charge in [0.1, 0.15) is 0 Å². The first kappa shape index (κ1) is 13.8. The van der Waals surface area contributed by atoms with E-state index in [2.05, 4.69) is 71.2 Å². The maximum atomic E-state index is 4.34. The Morgan fingerprint density at radius 2 is 1.86 bits per heavy atom. The van der Waals surface area contributed by atoms with Crippen molar-refractivity contribution in [2.75, 3.05) is 7.05 Å². The second-order valence-electron chi connectivity index (χ2n) is 5.92. The maximum Gasteiger partial charge on any atom is 0.0951 e. The molecule has 1 N–H and O–H groups in total. The van der Waals surface area contributed by atoms with Crippen LogP contribution >= 0.6 is 0 Å². The molecular formula is C18H21N3. The SMILES string of the molecule is CNC(C)(C)c1cncn1Cc1cccc2ccccc12. The molecule has 0 bridgehead atoms. The molecule has 3 nitrogen and oxygen atoms in total. The van der Waals surface area contributed by atoms with Crippen molar-refractivity contribution in [3.63, 3.8) is 0 Å². The number of nitrogens with one attached hydrogen (secondary N) is 1. The highest BCUT2D eigenvalue weighted by molar-refractivity contribution is 5.85. The first-order chi connectivity index (χ1) is 10.1. The summed E-state index contributed by atoms with van der Waals surface area (Å²) in [5, 5.41) is 5.94. The van der Waals surface area contributed by atoms with Gasteiger partial charge in [0.25, 0.3) is 0 Å². The van der Waals surface area contributed by atoms with Crippen LogP contribution in [0.1, 0.15) is 25.1 Å². The van der Waals surface area contributed by atoms with E-state index in [0.29, 0.717) is 0 Å². The molecular weight excluding hydrogens is 258 g/mol. The summed E-state index contributed by atoms with van der Waals surface area (Å²) in [5.41, 5.74) is 2.42. The minimum Gasteiger partial charge on any atom is -0.328 e. The summed E-state index contributed by atoms with van der Waals surface area (Å²) in [6.07, 6.45) is 3.86. The summed E-state index contributed by atoms with van der Waals surface area (Å²) in [4.78, 5) is 4.34. The van der Waals surface area contributed by atoms with Gasteiger partial charge in [-0.25, -0.2) is 4.98 Å². The Kier molecular flexibility index (Phi) is 3.52. The molecule has 0 radical (unpaired) electrons. The van der Waals surface area contributed by atoms with E-state index in [1.165, 1.54) is 22.0 Å². The number of aromatic nitrogens is 2. The van der Waals surface area contributed by atoms with E-state index in [0.717, 1.165) is 6.54 Å². The van der Waals surface area contributed by atoms with Crippen molar-refractivity contribution < 1.29 is 0 Å². The van der Waals surface area contributed by atoms with Gasteiger partial charge in [0.05, 0.1) is 23.8 Å². The Bertz CT molecular complexity index is 751. The minimum atomic E-state index is -0.0961. The van der Waals surface area contributed by atoms with Crippen LogP contribution in [0.5, 0.6) is 0 Å². The van der Waals surface area contributed by atoms with Gasteiger partial charge < -0.3 is 9.88 Å². The van der Waals surface area contributed by atoms with Crippen LogP contribution in [0.2, 0.25) is 0 Å². The van der Waals surface area contributed by atoms with Crippen molar-refractivity contribution >= 4 is 10.8 Å². The Morgan fingerprint density at radius 3 is 2.67 bits per heavy atom. The molecule has 1 aromatic heterocycles. The van der Waals surface area contributed by atoms with Crippen molar-refractivity contribution in [2.24, 2.45) is 0 Å². The fraction of sp³-hybridized carbons (Fsp3) is 0.278. The van der Waals surface area contributed by atoms with Gasteiger partial charge in [-0.05, 0) is 37.2 Å². The van der Waals surface area contributed by atoms with Crippen LogP contribution in [0.25, 0.3) is 10.8 Å². The van der Waals surface area contributed by atoms with Crippen molar-refractivity contribution in [3.8, 4) is 0 Å². The normalized spacial score (nSPS) is 12.0. The molecule has 21 heavy (non-hydrogen) atoms. The molecule has 108 valence electrons. The highest BCUT2D eigenvalue weighted by atomic mass is 15.1. The lowest BCUT2D eigenvalue weighted by Gasteiger charge is -2.25. The molecule has 0 aliphatic rings. The Balaban J connectivity index is 2.03. The minimum absolute atomic E-state index is 0.0961. The van der Waals surface area contributed by atoms with E-state index < -0.39 is 0 Å². The molecule has 3 aromatic rings. The van der Waals surface area contributed by atoms with E-state index in [1.807, 2.05) is 19.6 Å². The monoisotopic (exact) mass is 279 g/mol. The van der Waals surface area contributed by atoms with Crippen LogP contribution in [0.15, 0.2) is 55.0 Å². The summed E-state index contributed by atoms with van der Waals surface area (Å²) in [6.45, 7) is 5.18. The number of fused-ring (bicyclic) bond motifs is 1. The molecule has 0 unspecified atom stereocenters.